The lowest BCUT2D eigenvalue weighted by Gasteiger charge is -2.29. The largest absolute Gasteiger partial charge is 0.366 e. The van der Waals surface area contributed by atoms with E-state index in [-0.39, 0.29) is 5.91 Å². The molecule has 0 fully saturated rings. The first kappa shape index (κ1) is 13.7. The van der Waals surface area contributed by atoms with Crippen molar-refractivity contribution < 1.29 is 9.53 Å². The van der Waals surface area contributed by atoms with Crippen LogP contribution in [0.3, 0.4) is 0 Å². The number of carbonyl (C=O) groups is 1. The fraction of sp³-hybridized carbons (Fsp3) is 0.667. The Morgan fingerprint density at radius 3 is 2.71 bits per heavy atom. The number of H-pyrrole nitrogens is 1. The lowest BCUT2D eigenvalue weighted by atomic mass is 10.1. The van der Waals surface area contributed by atoms with E-state index in [9.17, 15) is 4.79 Å². The van der Waals surface area contributed by atoms with Crippen LogP contribution >= 0.6 is 0 Å². The summed E-state index contributed by atoms with van der Waals surface area (Å²) < 4.78 is 5.45. The van der Waals surface area contributed by atoms with Gasteiger partial charge in [-0.05, 0) is 27.7 Å². The predicted molar refractivity (Wildman–Crippen MR) is 65.5 cm³/mol. The van der Waals surface area contributed by atoms with E-state index < -0.39 is 5.60 Å². The highest BCUT2D eigenvalue weighted by Gasteiger charge is 2.31. The fourth-order valence-electron chi connectivity index (χ4n) is 1.74. The third-order valence-corrected chi connectivity index (χ3v) is 2.71. The van der Waals surface area contributed by atoms with Gasteiger partial charge in [0, 0.05) is 31.5 Å². The lowest BCUT2D eigenvalue weighted by molar-refractivity contribution is -0.152. The van der Waals surface area contributed by atoms with Crippen molar-refractivity contribution >= 4 is 5.91 Å². The highest BCUT2D eigenvalue weighted by molar-refractivity contribution is 5.84. The fourth-order valence-corrected chi connectivity index (χ4v) is 1.74. The predicted octanol–water partition coefficient (Wildman–Crippen LogP) is 1.49. The maximum Gasteiger partial charge on any atom is 0.254 e. The number of aryl methyl sites for hydroxylation is 1. The van der Waals surface area contributed by atoms with Gasteiger partial charge in [0.2, 0.25) is 0 Å². The first-order chi connectivity index (χ1) is 7.88. The first-order valence-corrected chi connectivity index (χ1v) is 5.77. The van der Waals surface area contributed by atoms with Crippen LogP contribution < -0.4 is 0 Å². The van der Waals surface area contributed by atoms with Crippen LogP contribution in [0.5, 0.6) is 0 Å². The number of carbonyl (C=O) groups excluding carboxylic acids is 1. The van der Waals surface area contributed by atoms with Crippen LogP contribution in [0.25, 0.3) is 0 Å². The Hall–Kier alpha value is -1.36. The molecule has 5 nitrogen and oxygen atoms in total. The standard InChI is InChI=1S/C12H21N3O2/c1-6-17-12(3,4)11(16)15(5)8-10-7-13-14-9(10)2/h7H,6,8H2,1-5H3,(H,13,14). The molecule has 0 aliphatic carbocycles. The third-order valence-electron chi connectivity index (χ3n) is 2.71. The summed E-state index contributed by atoms with van der Waals surface area (Å²) >= 11 is 0. The van der Waals surface area contributed by atoms with E-state index >= 15 is 0 Å². The maximum absolute atomic E-state index is 12.2. The number of ether oxygens (including phenoxy) is 1. The number of aromatic nitrogens is 2. The van der Waals surface area contributed by atoms with Crippen molar-refractivity contribution in [2.45, 2.75) is 39.8 Å². The highest BCUT2D eigenvalue weighted by Crippen LogP contribution is 2.15. The van der Waals surface area contributed by atoms with Crippen LogP contribution in [0.15, 0.2) is 6.20 Å². The summed E-state index contributed by atoms with van der Waals surface area (Å²) in [6.07, 6.45) is 1.74. The van der Waals surface area contributed by atoms with E-state index in [1.54, 1.807) is 32.0 Å². The van der Waals surface area contributed by atoms with Crippen LogP contribution in [0, 0.1) is 6.92 Å². The van der Waals surface area contributed by atoms with Crippen molar-refractivity contribution in [3.05, 3.63) is 17.5 Å². The van der Waals surface area contributed by atoms with Gasteiger partial charge in [0.15, 0.2) is 0 Å². The minimum Gasteiger partial charge on any atom is -0.366 e. The second-order valence-corrected chi connectivity index (χ2v) is 4.62. The molecule has 0 aromatic carbocycles. The SMILES string of the molecule is CCOC(C)(C)C(=O)N(C)Cc1cn[nH]c1C. The molecule has 17 heavy (non-hydrogen) atoms. The van der Waals surface area contributed by atoms with Crippen molar-refractivity contribution in [3.63, 3.8) is 0 Å². The van der Waals surface area contributed by atoms with Gasteiger partial charge in [0.25, 0.3) is 5.91 Å². The van der Waals surface area contributed by atoms with Gasteiger partial charge in [-0.2, -0.15) is 5.10 Å². The monoisotopic (exact) mass is 239 g/mol. The van der Waals surface area contributed by atoms with Crippen LogP contribution in [-0.4, -0.2) is 40.3 Å². The van der Waals surface area contributed by atoms with Crippen molar-refractivity contribution in [1.29, 1.82) is 0 Å². The molecule has 1 aromatic heterocycles. The Kier molecular flexibility index (Phi) is 4.28. The quantitative estimate of drug-likeness (QED) is 0.847. The van der Waals surface area contributed by atoms with Crippen molar-refractivity contribution in [2.24, 2.45) is 0 Å². The van der Waals surface area contributed by atoms with Gasteiger partial charge in [-0.3, -0.25) is 9.89 Å². The van der Waals surface area contributed by atoms with Gasteiger partial charge < -0.3 is 9.64 Å². The number of hydrogen-bond donors (Lipinski definition) is 1. The van der Waals surface area contributed by atoms with Crippen LogP contribution in [0.1, 0.15) is 32.0 Å². The number of nitrogens with one attached hydrogen (secondary N) is 1. The smallest absolute Gasteiger partial charge is 0.254 e. The number of amides is 1. The molecule has 0 spiro atoms. The van der Waals surface area contributed by atoms with Gasteiger partial charge in [-0.1, -0.05) is 0 Å². The number of hydrogen-bond acceptors (Lipinski definition) is 3. The van der Waals surface area contributed by atoms with Gasteiger partial charge in [-0.25, -0.2) is 0 Å². The molecular formula is C12H21N3O2. The second-order valence-electron chi connectivity index (χ2n) is 4.62. The summed E-state index contributed by atoms with van der Waals surface area (Å²) in [5.41, 5.74) is 1.23. The summed E-state index contributed by atoms with van der Waals surface area (Å²) in [6, 6.07) is 0. The summed E-state index contributed by atoms with van der Waals surface area (Å²) in [5, 5.41) is 6.80. The molecule has 5 heteroatoms. The number of likely N-dealkylation sites (N-methyl/N-ethyl adjacent to an activating group) is 1. The Labute approximate surface area is 102 Å². The minimum absolute atomic E-state index is 0.0278. The molecule has 0 saturated heterocycles. The molecule has 1 amide bonds. The Morgan fingerprint density at radius 1 is 1.59 bits per heavy atom. The van der Waals surface area contributed by atoms with E-state index in [1.165, 1.54) is 0 Å². The molecular weight excluding hydrogens is 218 g/mol. The van der Waals surface area contributed by atoms with Crippen LogP contribution in [0.2, 0.25) is 0 Å². The molecule has 0 saturated carbocycles. The molecule has 0 atom stereocenters. The molecule has 96 valence electrons. The normalized spacial score (nSPS) is 11.6. The van der Waals surface area contributed by atoms with Crippen LogP contribution in [-0.2, 0) is 16.1 Å². The van der Waals surface area contributed by atoms with Gasteiger partial charge in [0.05, 0.1) is 6.20 Å². The topological polar surface area (TPSA) is 58.2 Å². The van der Waals surface area contributed by atoms with E-state index in [0.717, 1.165) is 11.3 Å². The second kappa shape index (κ2) is 5.31. The molecule has 0 aliphatic heterocycles. The first-order valence-electron chi connectivity index (χ1n) is 5.77. The number of rotatable bonds is 5. The molecule has 1 aromatic rings. The zero-order valence-electron chi connectivity index (χ0n) is 11.2. The molecule has 0 bridgehead atoms. The number of aromatic amines is 1. The maximum atomic E-state index is 12.2. The van der Waals surface area contributed by atoms with Gasteiger partial charge >= 0.3 is 0 Å². The summed E-state index contributed by atoms with van der Waals surface area (Å²) in [5.74, 6) is -0.0278. The Bertz CT molecular complexity index is 385. The summed E-state index contributed by atoms with van der Waals surface area (Å²) in [4.78, 5) is 13.8. The van der Waals surface area contributed by atoms with E-state index in [4.69, 9.17) is 4.74 Å². The molecule has 1 heterocycles. The number of nitrogens with zero attached hydrogens (tertiary/aromatic N) is 2. The van der Waals surface area contributed by atoms with Crippen molar-refractivity contribution in [2.75, 3.05) is 13.7 Å². The highest BCUT2D eigenvalue weighted by atomic mass is 16.5. The van der Waals surface area contributed by atoms with Crippen LogP contribution in [0.4, 0.5) is 0 Å². The lowest BCUT2D eigenvalue weighted by Crippen LogP contribution is -2.44. The Balaban J connectivity index is 2.68. The molecule has 1 N–H and O–H groups in total. The van der Waals surface area contributed by atoms with E-state index in [2.05, 4.69) is 10.2 Å². The molecule has 0 aliphatic rings. The van der Waals surface area contributed by atoms with Gasteiger partial charge in [0.1, 0.15) is 5.60 Å². The van der Waals surface area contributed by atoms with E-state index in [1.807, 2.05) is 13.8 Å². The average molecular weight is 239 g/mol. The minimum atomic E-state index is -0.777. The molecule has 0 unspecified atom stereocenters. The zero-order valence-corrected chi connectivity index (χ0v) is 11.2. The third kappa shape index (κ3) is 3.30. The van der Waals surface area contributed by atoms with E-state index in [0.29, 0.717) is 13.2 Å². The van der Waals surface area contributed by atoms with Crippen molar-refractivity contribution in [3.8, 4) is 0 Å². The Morgan fingerprint density at radius 2 is 2.24 bits per heavy atom. The molecule has 0 radical (unpaired) electrons. The summed E-state index contributed by atoms with van der Waals surface area (Å²) in [7, 11) is 1.77. The average Bonchev–Trinajstić information content (AvgIpc) is 2.63. The molecule has 1 rings (SSSR count). The van der Waals surface area contributed by atoms with Crippen molar-refractivity contribution in [1.82, 2.24) is 15.1 Å². The summed E-state index contributed by atoms with van der Waals surface area (Å²) in [6.45, 7) is 8.47. The zero-order chi connectivity index (χ0) is 13.1. The van der Waals surface area contributed by atoms with Gasteiger partial charge in [-0.15, -0.1) is 0 Å².